The third kappa shape index (κ3) is 3.85. The Bertz CT molecular complexity index is 555. The fourth-order valence-corrected chi connectivity index (χ4v) is 2.21. The second-order valence-corrected chi connectivity index (χ2v) is 5.32. The van der Waals surface area contributed by atoms with E-state index in [0.717, 1.165) is 12.0 Å². The minimum absolute atomic E-state index is 0.0918. The molecule has 2 rings (SSSR count). The third-order valence-electron chi connectivity index (χ3n) is 2.81. The highest BCUT2D eigenvalue weighted by molar-refractivity contribution is 6.31. The zero-order chi connectivity index (χ0) is 13.8. The van der Waals surface area contributed by atoms with Crippen molar-refractivity contribution in [3.63, 3.8) is 0 Å². The fourth-order valence-electron chi connectivity index (χ4n) is 1.91. The van der Waals surface area contributed by atoms with Crippen LogP contribution in [-0.2, 0) is 6.42 Å². The van der Waals surface area contributed by atoms with E-state index in [9.17, 15) is 4.39 Å². The molecule has 0 fully saturated rings. The summed E-state index contributed by atoms with van der Waals surface area (Å²) in [6.45, 7) is 1.99. The number of hydrogen-bond acceptors (Lipinski definition) is 1. The summed E-state index contributed by atoms with van der Waals surface area (Å²) in [5.41, 5.74) is 1.57. The maximum atomic E-state index is 13.7. The van der Waals surface area contributed by atoms with Crippen LogP contribution in [0, 0.1) is 5.82 Å². The van der Waals surface area contributed by atoms with Crippen LogP contribution >= 0.6 is 23.2 Å². The van der Waals surface area contributed by atoms with E-state index in [2.05, 4.69) is 5.32 Å². The minimum Gasteiger partial charge on any atom is -0.380 e. The Hall–Kier alpha value is -1.25. The van der Waals surface area contributed by atoms with Gasteiger partial charge in [0.2, 0.25) is 0 Å². The number of halogens is 3. The first-order valence-electron chi connectivity index (χ1n) is 6.01. The summed E-state index contributed by atoms with van der Waals surface area (Å²) in [5, 5.41) is 3.96. The van der Waals surface area contributed by atoms with Gasteiger partial charge < -0.3 is 5.32 Å². The molecule has 1 N–H and O–H groups in total. The van der Waals surface area contributed by atoms with E-state index in [1.165, 1.54) is 6.07 Å². The Morgan fingerprint density at radius 3 is 2.47 bits per heavy atom. The lowest BCUT2D eigenvalue weighted by Crippen LogP contribution is -2.18. The maximum absolute atomic E-state index is 13.7. The Kier molecular flexibility index (Phi) is 4.67. The molecule has 4 heteroatoms. The molecule has 100 valence electrons. The number of hydrogen-bond donors (Lipinski definition) is 1. The SMILES string of the molecule is CC(Cc1ccc(Cl)cc1)Nc1cccc(Cl)c1F. The van der Waals surface area contributed by atoms with Crippen molar-refractivity contribution >= 4 is 28.9 Å². The molecule has 0 saturated heterocycles. The first kappa shape index (κ1) is 14.2. The van der Waals surface area contributed by atoms with Gasteiger partial charge in [-0.1, -0.05) is 41.4 Å². The first-order valence-corrected chi connectivity index (χ1v) is 6.77. The van der Waals surface area contributed by atoms with Crippen LogP contribution in [0.25, 0.3) is 0 Å². The Morgan fingerprint density at radius 2 is 1.79 bits per heavy atom. The number of nitrogens with one attached hydrogen (secondary N) is 1. The Morgan fingerprint density at radius 1 is 1.11 bits per heavy atom. The second kappa shape index (κ2) is 6.27. The van der Waals surface area contributed by atoms with E-state index in [-0.39, 0.29) is 11.1 Å². The predicted octanol–water partition coefficient (Wildman–Crippen LogP) is 5.18. The molecule has 1 nitrogen and oxygen atoms in total. The standard InChI is InChI=1S/C15H14Cl2FN/c1-10(9-11-5-7-12(16)8-6-11)19-14-4-2-3-13(17)15(14)18/h2-8,10,19H,9H2,1H3. The highest BCUT2D eigenvalue weighted by atomic mass is 35.5. The lowest BCUT2D eigenvalue weighted by Gasteiger charge is -2.16. The summed E-state index contributed by atoms with van der Waals surface area (Å²) in [6, 6.07) is 12.7. The molecular weight excluding hydrogens is 284 g/mol. The van der Waals surface area contributed by atoms with E-state index in [4.69, 9.17) is 23.2 Å². The maximum Gasteiger partial charge on any atom is 0.164 e. The van der Waals surface area contributed by atoms with Crippen LogP contribution in [0.5, 0.6) is 0 Å². The first-order chi connectivity index (χ1) is 9.06. The van der Waals surface area contributed by atoms with Gasteiger partial charge in [-0.2, -0.15) is 0 Å². The van der Waals surface area contributed by atoms with Crippen LogP contribution in [0.3, 0.4) is 0 Å². The monoisotopic (exact) mass is 297 g/mol. The van der Waals surface area contributed by atoms with E-state index in [1.807, 2.05) is 31.2 Å². The summed E-state index contributed by atoms with van der Waals surface area (Å²) in [7, 11) is 0. The number of benzene rings is 2. The van der Waals surface area contributed by atoms with Crippen LogP contribution in [0.4, 0.5) is 10.1 Å². The molecule has 0 amide bonds. The summed E-state index contributed by atoms with van der Waals surface area (Å²) in [4.78, 5) is 0. The smallest absolute Gasteiger partial charge is 0.164 e. The van der Waals surface area contributed by atoms with Crippen molar-refractivity contribution in [2.24, 2.45) is 0 Å². The highest BCUT2D eigenvalue weighted by Crippen LogP contribution is 2.23. The van der Waals surface area contributed by atoms with Crippen molar-refractivity contribution in [3.8, 4) is 0 Å². The number of rotatable bonds is 4. The van der Waals surface area contributed by atoms with Crippen LogP contribution in [0.2, 0.25) is 10.0 Å². The van der Waals surface area contributed by atoms with Gasteiger partial charge in [0.25, 0.3) is 0 Å². The quantitative estimate of drug-likeness (QED) is 0.820. The molecule has 0 heterocycles. The number of anilines is 1. The Balaban J connectivity index is 2.03. The van der Waals surface area contributed by atoms with Crippen molar-refractivity contribution < 1.29 is 4.39 Å². The molecule has 0 spiro atoms. The molecule has 0 radical (unpaired) electrons. The van der Waals surface area contributed by atoms with Crippen LogP contribution < -0.4 is 5.32 Å². The van der Waals surface area contributed by atoms with E-state index >= 15 is 0 Å². The normalized spacial score (nSPS) is 12.2. The van der Waals surface area contributed by atoms with Gasteiger partial charge in [0.05, 0.1) is 10.7 Å². The largest absolute Gasteiger partial charge is 0.380 e. The summed E-state index contributed by atoms with van der Waals surface area (Å²) in [5.74, 6) is -0.410. The molecule has 19 heavy (non-hydrogen) atoms. The van der Waals surface area contributed by atoms with Gasteiger partial charge in [0.15, 0.2) is 5.82 Å². The van der Waals surface area contributed by atoms with Gasteiger partial charge in [0, 0.05) is 11.1 Å². The molecule has 1 unspecified atom stereocenters. The molecule has 1 atom stereocenters. The van der Waals surface area contributed by atoms with Gasteiger partial charge in [-0.3, -0.25) is 0 Å². The van der Waals surface area contributed by atoms with Crippen molar-refractivity contribution in [2.45, 2.75) is 19.4 Å². The molecule has 0 aromatic heterocycles. The van der Waals surface area contributed by atoms with E-state index < -0.39 is 5.82 Å². The summed E-state index contributed by atoms with van der Waals surface area (Å²) in [6.07, 6.45) is 0.781. The zero-order valence-electron chi connectivity index (χ0n) is 10.5. The molecular formula is C15H14Cl2FN. The van der Waals surface area contributed by atoms with Crippen LogP contribution in [0.15, 0.2) is 42.5 Å². The third-order valence-corrected chi connectivity index (χ3v) is 3.35. The van der Waals surface area contributed by atoms with Crippen molar-refractivity contribution in [3.05, 3.63) is 63.9 Å². The van der Waals surface area contributed by atoms with Crippen molar-refractivity contribution in [1.29, 1.82) is 0 Å². The molecule has 0 aliphatic carbocycles. The lowest BCUT2D eigenvalue weighted by atomic mass is 10.1. The Labute approximate surface area is 122 Å². The van der Waals surface area contributed by atoms with Gasteiger partial charge in [0.1, 0.15) is 0 Å². The second-order valence-electron chi connectivity index (χ2n) is 4.48. The zero-order valence-corrected chi connectivity index (χ0v) is 12.0. The van der Waals surface area contributed by atoms with Crippen LogP contribution in [-0.4, -0.2) is 6.04 Å². The van der Waals surface area contributed by atoms with E-state index in [0.29, 0.717) is 10.7 Å². The van der Waals surface area contributed by atoms with Gasteiger partial charge in [-0.05, 0) is 43.2 Å². The molecule has 2 aromatic rings. The lowest BCUT2D eigenvalue weighted by molar-refractivity contribution is 0.626. The van der Waals surface area contributed by atoms with Gasteiger partial charge in [-0.25, -0.2) is 4.39 Å². The average molecular weight is 298 g/mol. The minimum atomic E-state index is -0.410. The van der Waals surface area contributed by atoms with Crippen molar-refractivity contribution in [2.75, 3.05) is 5.32 Å². The van der Waals surface area contributed by atoms with E-state index in [1.54, 1.807) is 12.1 Å². The van der Waals surface area contributed by atoms with Gasteiger partial charge in [-0.15, -0.1) is 0 Å². The van der Waals surface area contributed by atoms with Gasteiger partial charge >= 0.3 is 0 Å². The summed E-state index contributed by atoms with van der Waals surface area (Å²) < 4.78 is 13.7. The van der Waals surface area contributed by atoms with Crippen LogP contribution in [0.1, 0.15) is 12.5 Å². The average Bonchev–Trinajstić information content (AvgIpc) is 2.38. The van der Waals surface area contributed by atoms with Crippen molar-refractivity contribution in [1.82, 2.24) is 0 Å². The molecule has 0 aliphatic rings. The molecule has 0 bridgehead atoms. The molecule has 2 aromatic carbocycles. The molecule has 0 aliphatic heterocycles. The molecule has 0 saturated carbocycles. The fraction of sp³-hybridized carbons (Fsp3) is 0.200. The summed E-state index contributed by atoms with van der Waals surface area (Å²) >= 11 is 11.6. The highest BCUT2D eigenvalue weighted by Gasteiger charge is 2.09. The topological polar surface area (TPSA) is 12.0 Å². The predicted molar refractivity (Wildman–Crippen MR) is 79.7 cm³/mol.